The maximum Gasteiger partial charge on any atom is 0.164 e. The first-order valence-electron chi connectivity index (χ1n) is 15.5. The van der Waals surface area contributed by atoms with Crippen molar-refractivity contribution in [3.63, 3.8) is 0 Å². The molecule has 0 fully saturated rings. The lowest BCUT2D eigenvalue weighted by molar-refractivity contribution is 0.666. The average molecular weight is 576 g/mol. The van der Waals surface area contributed by atoms with E-state index in [1.165, 1.54) is 54.6 Å². The summed E-state index contributed by atoms with van der Waals surface area (Å²) in [5.41, 5.74) is 8.30. The minimum Gasteiger partial charge on any atom is -0.208 e. The van der Waals surface area contributed by atoms with E-state index in [1.54, 1.807) is 0 Å². The van der Waals surface area contributed by atoms with E-state index in [4.69, 9.17) is 15.0 Å². The van der Waals surface area contributed by atoms with Crippen LogP contribution in [0.5, 0.6) is 0 Å². The largest absolute Gasteiger partial charge is 0.208 e. The molecule has 0 unspecified atom stereocenters. The van der Waals surface area contributed by atoms with Crippen LogP contribution in [0.25, 0.3) is 77.6 Å². The molecule has 9 rings (SSSR count). The predicted molar refractivity (Wildman–Crippen MR) is 186 cm³/mol. The third-order valence-corrected chi connectivity index (χ3v) is 9.46. The Bertz CT molecular complexity index is 2390. The molecule has 0 radical (unpaired) electrons. The molecule has 0 aliphatic heterocycles. The number of aromatic nitrogens is 3. The van der Waals surface area contributed by atoms with Gasteiger partial charge in [0, 0.05) is 22.1 Å². The molecule has 1 aliphatic rings. The number of rotatable bonds is 3. The molecule has 1 aliphatic carbocycles. The molecule has 212 valence electrons. The van der Waals surface area contributed by atoms with Crippen LogP contribution in [0, 0.1) is 0 Å². The number of hydrogen-bond acceptors (Lipinski definition) is 3. The highest BCUT2D eigenvalue weighted by Crippen LogP contribution is 2.53. The van der Waals surface area contributed by atoms with E-state index in [-0.39, 0.29) is 5.41 Å². The summed E-state index contributed by atoms with van der Waals surface area (Å²) in [6, 6.07) is 49.4. The Balaban J connectivity index is 1.28. The SMILES string of the molecule is CC1(C)c2ccccc2-c2ccc3ccc4ccc5cc(-c6nc(-c7ccccc7)nc(-c7ccccc7)n6)ccc5c4c3c21. The summed E-state index contributed by atoms with van der Waals surface area (Å²) in [5, 5.41) is 7.59. The van der Waals surface area contributed by atoms with Crippen LogP contribution in [0.1, 0.15) is 25.0 Å². The second-order valence-corrected chi connectivity index (χ2v) is 12.5. The maximum absolute atomic E-state index is 4.99. The molecule has 0 N–H and O–H groups in total. The Kier molecular flexibility index (Phi) is 5.54. The van der Waals surface area contributed by atoms with Gasteiger partial charge in [-0.25, -0.2) is 15.0 Å². The van der Waals surface area contributed by atoms with Crippen molar-refractivity contribution < 1.29 is 0 Å². The number of benzene rings is 7. The lowest BCUT2D eigenvalue weighted by atomic mass is 9.79. The van der Waals surface area contributed by atoms with Gasteiger partial charge in [0.2, 0.25) is 0 Å². The number of fused-ring (bicyclic) bond motifs is 9. The first-order valence-corrected chi connectivity index (χ1v) is 15.5. The molecular weight excluding hydrogens is 546 g/mol. The summed E-state index contributed by atoms with van der Waals surface area (Å²) in [6.07, 6.45) is 0. The van der Waals surface area contributed by atoms with E-state index in [1.807, 2.05) is 60.7 Å². The van der Waals surface area contributed by atoms with Crippen molar-refractivity contribution in [1.29, 1.82) is 0 Å². The molecule has 0 bridgehead atoms. The van der Waals surface area contributed by atoms with Gasteiger partial charge in [-0.2, -0.15) is 0 Å². The molecule has 0 spiro atoms. The molecule has 45 heavy (non-hydrogen) atoms. The van der Waals surface area contributed by atoms with Crippen LogP contribution >= 0.6 is 0 Å². The minimum absolute atomic E-state index is 0.103. The van der Waals surface area contributed by atoms with Gasteiger partial charge < -0.3 is 0 Å². The zero-order chi connectivity index (χ0) is 30.1. The van der Waals surface area contributed by atoms with Crippen LogP contribution in [-0.4, -0.2) is 15.0 Å². The summed E-state index contributed by atoms with van der Waals surface area (Å²) in [4.78, 5) is 14.8. The van der Waals surface area contributed by atoms with Gasteiger partial charge in [0.05, 0.1) is 0 Å². The van der Waals surface area contributed by atoms with Crippen molar-refractivity contribution in [2.24, 2.45) is 0 Å². The van der Waals surface area contributed by atoms with E-state index < -0.39 is 0 Å². The molecule has 1 aromatic heterocycles. The monoisotopic (exact) mass is 575 g/mol. The van der Waals surface area contributed by atoms with Gasteiger partial charge in [-0.15, -0.1) is 0 Å². The zero-order valence-electron chi connectivity index (χ0n) is 25.1. The summed E-state index contributed by atoms with van der Waals surface area (Å²) < 4.78 is 0. The fourth-order valence-corrected chi connectivity index (χ4v) is 7.32. The summed E-state index contributed by atoms with van der Waals surface area (Å²) in [5.74, 6) is 2.00. The van der Waals surface area contributed by atoms with Gasteiger partial charge >= 0.3 is 0 Å². The smallest absolute Gasteiger partial charge is 0.164 e. The Hall–Kier alpha value is -5.67. The van der Waals surface area contributed by atoms with Gasteiger partial charge in [0.15, 0.2) is 17.5 Å². The molecule has 3 nitrogen and oxygen atoms in total. The van der Waals surface area contributed by atoms with Crippen LogP contribution in [0.4, 0.5) is 0 Å². The summed E-state index contributed by atoms with van der Waals surface area (Å²) >= 11 is 0. The van der Waals surface area contributed by atoms with Crippen LogP contribution in [0.2, 0.25) is 0 Å². The molecular formula is C42H29N3. The second kappa shape index (κ2) is 9.67. The summed E-state index contributed by atoms with van der Waals surface area (Å²) in [6.45, 7) is 4.74. The van der Waals surface area contributed by atoms with Crippen LogP contribution < -0.4 is 0 Å². The Morgan fingerprint density at radius 3 is 1.62 bits per heavy atom. The van der Waals surface area contributed by atoms with Gasteiger partial charge in [0.1, 0.15) is 0 Å². The number of nitrogens with zero attached hydrogens (tertiary/aromatic N) is 3. The normalized spacial score (nSPS) is 13.3. The van der Waals surface area contributed by atoms with Crippen molar-refractivity contribution in [2.75, 3.05) is 0 Å². The zero-order valence-corrected chi connectivity index (χ0v) is 25.1. The van der Waals surface area contributed by atoms with Crippen molar-refractivity contribution in [3.8, 4) is 45.3 Å². The predicted octanol–water partition coefficient (Wildman–Crippen LogP) is 10.6. The highest BCUT2D eigenvalue weighted by atomic mass is 15.0. The van der Waals surface area contributed by atoms with Crippen LogP contribution in [0.15, 0.2) is 140 Å². The summed E-state index contributed by atoms with van der Waals surface area (Å²) in [7, 11) is 0. The third-order valence-electron chi connectivity index (χ3n) is 9.46. The van der Waals surface area contributed by atoms with E-state index in [9.17, 15) is 0 Å². The van der Waals surface area contributed by atoms with Crippen molar-refractivity contribution in [3.05, 3.63) is 151 Å². The third kappa shape index (κ3) is 3.94. The first kappa shape index (κ1) is 25.8. The van der Waals surface area contributed by atoms with Crippen molar-refractivity contribution in [1.82, 2.24) is 15.0 Å². The quantitative estimate of drug-likeness (QED) is 0.197. The molecule has 0 saturated carbocycles. The van der Waals surface area contributed by atoms with Gasteiger partial charge in [-0.05, 0) is 60.6 Å². The van der Waals surface area contributed by atoms with E-state index in [2.05, 4.69) is 92.7 Å². The van der Waals surface area contributed by atoms with Crippen molar-refractivity contribution in [2.45, 2.75) is 19.3 Å². The highest BCUT2D eigenvalue weighted by molar-refractivity contribution is 6.23. The van der Waals surface area contributed by atoms with E-state index >= 15 is 0 Å². The molecule has 0 atom stereocenters. The highest BCUT2D eigenvalue weighted by Gasteiger charge is 2.37. The van der Waals surface area contributed by atoms with Gasteiger partial charge in [-0.3, -0.25) is 0 Å². The Morgan fingerprint density at radius 2 is 0.956 bits per heavy atom. The lowest BCUT2D eigenvalue weighted by Gasteiger charge is -2.24. The molecule has 0 amide bonds. The first-order chi connectivity index (χ1) is 22.1. The van der Waals surface area contributed by atoms with Crippen LogP contribution in [0.3, 0.4) is 0 Å². The molecule has 7 aromatic carbocycles. The minimum atomic E-state index is -0.103. The average Bonchev–Trinajstić information content (AvgIpc) is 3.34. The van der Waals surface area contributed by atoms with Crippen LogP contribution in [-0.2, 0) is 5.41 Å². The fraction of sp³-hybridized carbons (Fsp3) is 0.0714. The second-order valence-electron chi connectivity index (χ2n) is 12.5. The fourth-order valence-electron chi connectivity index (χ4n) is 7.32. The van der Waals surface area contributed by atoms with Gasteiger partial charge in [0.25, 0.3) is 0 Å². The standard InChI is InChI=1S/C42H29N3/c1-42(2)35-16-10-9-15-33(35)34-24-21-27-18-17-26-19-20-30-25-31(22-23-32(30)36(26)37(27)38(34)42)41-44-39(28-11-5-3-6-12-28)43-40(45-41)29-13-7-4-8-14-29/h3-25H,1-2H3. The number of hydrogen-bond donors (Lipinski definition) is 0. The Labute approximate surface area is 261 Å². The van der Waals surface area contributed by atoms with Gasteiger partial charge in [-0.1, -0.05) is 147 Å². The van der Waals surface area contributed by atoms with Crippen molar-refractivity contribution >= 4 is 32.3 Å². The Morgan fingerprint density at radius 1 is 0.422 bits per heavy atom. The van der Waals surface area contributed by atoms with E-state index in [0.717, 1.165) is 16.7 Å². The molecule has 3 heteroatoms. The topological polar surface area (TPSA) is 38.7 Å². The van der Waals surface area contributed by atoms with E-state index in [0.29, 0.717) is 17.5 Å². The maximum atomic E-state index is 4.99. The molecule has 0 saturated heterocycles. The molecule has 1 heterocycles. The molecule has 8 aromatic rings. The lowest BCUT2D eigenvalue weighted by Crippen LogP contribution is -2.15.